The molecular weight excluding hydrogens is 164 g/mol. The first-order valence-corrected chi connectivity index (χ1v) is 4.79. The second-order valence-corrected chi connectivity index (χ2v) is 3.34. The average Bonchev–Trinajstić information content (AvgIpc) is 2.64. The Morgan fingerprint density at radius 1 is 1.62 bits per heavy atom. The van der Waals surface area contributed by atoms with Crippen molar-refractivity contribution >= 4 is 0 Å². The molecule has 3 N–H and O–H groups in total. The normalized spacial score (nSPS) is 13.1. The van der Waals surface area contributed by atoms with Crippen LogP contribution in [-0.4, -0.2) is 22.7 Å². The van der Waals surface area contributed by atoms with Crippen molar-refractivity contribution in [2.45, 2.75) is 32.4 Å². The maximum Gasteiger partial charge on any atom is 0.0431 e. The monoisotopic (exact) mass is 182 g/mol. The van der Waals surface area contributed by atoms with Crippen LogP contribution in [0.2, 0.25) is 0 Å². The third-order valence-corrected chi connectivity index (χ3v) is 2.10. The van der Waals surface area contributed by atoms with E-state index in [0.717, 1.165) is 19.4 Å². The molecule has 1 aromatic heterocycles. The summed E-state index contributed by atoms with van der Waals surface area (Å²) >= 11 is 0. The van der Waals surface area contributed by atoms with Gasteiger partial charge in [0.1, 0.15) is 0 Å². The maximum absolute atomic E-state index is 8.63. The van der Waals surface area contributed by atoms with Crippen molar-refractivity contribution in [3.05, 3.63) is 24.0 Å². The van der Waals surface area contributed by atoms with E-state index in [4.69, 9.17) is 5.11 Å². The van der Waals surface area contributed by atoms with Crippen LogP contribution in [0.25, 0.3) is 0 Å². The average molecular weight is 182 g/mol. The zero-order chi connectivity index (χ0) is 9.52. The van der Waals surface area contributed by atoms with E-state index in [-0.39, 0.29) is 6.61 Å². The summed E-state index contributed by atoms with van der Waals surface area (Å²) in [4.78, 5) is 3.14. The van der Waals surface area contributed by atoms with Crippen molar-refractivity contribution in [1.82, 2.24) is 10.3 Å². The van der Waals surface area contributed by atoms with Crippen LogP contribution < -0.4 is 5.32 Å². The second kappa shape index (κ2) is 5.78. The number of rotatable bonds is 6. The van der Waals surface area contributed by atoms with E-state index in [1.807, 2.05) is 12.3 Å². The SMILES string of the molecule is CC(CCCO)NCc1ccc[nH]1. The summed E-state index contributed by atoms with van der Waals surface area (Å²) < 4.78 is 0. The van der Waals surface area contributed by atoms with Gasteiger partial charge in [-0.05, 0) is 31.9 Å². The number of aromatic amines is 1. The molecule has 0 fully saturated rings. The minimum Gasteiger partial charge on any atom is -0.396 e. The minimum absolute atomic E-state index is 0.286. The van der Waals surface area contributed by atoms with Gasteiger partial charge in [0.25, 0.3) is 0 Å². The highest BCUT2D eigenvalue weighted by atomic mass is 16.2. The van der Waals surface area contributed by atoms with Gasteiger partial charge in [0.2, 0.25) is 0 Å². The van der Waals surface area contributed by atoms with Crippen molar-refractivity contribution in [2.75, 3.05) is 6.61 Å². The Labute approximate surface area is 79.2 Å². The Morgan fingerprint density at radius 2 is 2.46 bits per heavy atom. The van der Waals surface area contributed by atoms with Gasteiger partial charge in [-0.15, -0.1) is 0 Å². The quantitative estimate of drug-likeness (QED) is 0.620. The molecule has 1 unspecified atom stereocenters. The Hall–Kier alpha value is -0.800. The van der Waals surface area contributed by atoms with E-state index in [9.17, 15) is 0 Å². The molecule has 1 heterocycles. The van der Waals surface area contributed by atoms with Gasteiger partial charge in [0.05, 0.1) is 0 Å². The fourth-order valence-electron chi connectivity index (χ4n) is 1.26. The van der Waals surface area contributed by atoms with E-state index >= 15 is 0 Å². The van der Waals surface area contributed by atoms with E-state index < -0.39 is 0 Å². The van der Waals surface area contributed by atoms with Gasteiger partial charge in [-0.25, -0.2) is 0 Å². The van der Waals surface area contributed by atoms with E-state index in [0.29, 0.717) is 6.04 Å². The molecule has 0 bridgehead atoms. The second-order valence-electron chi connectivity index (χ2n) is 3.34. The zero-order valence-corrected chi connectivity index (χ0v) is 8.09. The number of nitrogens with one attached hydrogen (secondary N) is 2. The fraction of sp³-hybridized carbons (Fsp3) is 0.600. The summed E-state index contributed by atoms with van der Waals surface area (Å²) in [5.74, 6) is 0. The molecule has 74 valence electrons. The summed E-state index contributed by atoms with van der Waals surface area (Å²) in [6.07, 6.45) is 3.82. The van der Waals surface area contributed by atoms with Crippen LogP contribution in [0.1, 0.15) is 25.5 Å². The van der Waals surface area contributed by atoms with Gasteiger partial charge in [0.15, 0.2) is 0 Å². The largest absolute Gasteiger partial charge is 0.396 e. The van der Waals surface area contributed by atoms with Crippen molar-refractivity contribution in [3.63, 3.8) is 0 Å². The van der Waals surface area contributed by atoms with Gasteiger partial charge in [-0.1, -0.05) is 0 Å². The predicted molar refractivity (Wildman–Crippen MR) is 53.4 cm³/mol. The van der Waals surface area contributed by atoms with Crippen LogP contribution in [0.4, 0.5) is 0 Å². The molecule has 1 aromatic rings. The molecule has 0 aliphatic carbocycles. The highest BCUT2D eigenvalue weighted by Crippen LogP contribution is 1.98. The minimum atomic E-state index is 0.286. The summed E-state index contributed by atoms with van der Waals surface area (Å²) in [5, 5.41) is 12.0. The lowest BCUT2D eigenvalue weighted by Crippen LogP contribution is -2.25. The zero-order valence-electron chi connectivity index (χ0n) is 8.09. The first-order valence-electron chi connectivity index (χ1n) is 4.79. The molecule has 0 saturated carbocycles. The van der Waals surface area contributed by atoms with Crippen LogP contribution in [0.15, 0.2) is 18.3 Å². The number of hydrogen-bond acceptors (Lipinski definition) is 2. The summed E-state index contributed by atoms with van der Waals surface area (Å²) in [6, 6.07) is 4.52. The van der Waals surface area contributed by atoms with Crippen LogP contribution >= 0.6 is 0 Å². The van der Waals surface area contributed by atoms with Gasteiger partial charge in [0, 0.05) is 31.1 Å². The molecular formula is C10H18N2O. The maximum atomic E-state index is 8.63. The first-order chi connectivity index (χ1) is 6.33. The summed E-state index contributed by atoms with van der Waals surface area (Å²) in [6.45, 7) is 3.30. The lowest BCUT2D eigenvalue weighted by atomic mass is 10.2. The van der Waals surface area contributed by atoms with Crippen LogP contribution in [0.3, 0.4) is 0 Å². The number of aromatic nitrogens is 1. The van der Waals surface area contributed by atoms with Gasteiger partial charge in [-0.3, -0.25) is 0 Å². The van der Waals surface area contributed by atoms with Crippen molar-refractivity contribution < 1.29 is 5.11 Å². The molecule has 0 radical (unpaired) electrons. The van der Waals surface area contributed by atoms with Crippen LogP contribution in [0.5, 0.6) is 0 Å². The standard InChI is InChI=1S/C10H18N2O/c1-9(4-3-7-13)12-8-10-5-2-6-11-10/h2,5-6,9,11-13H,3-4,7-8H2,1H3. The Morgan fingerprint density at radius 3 is 3.08 bits per heavy atom. The first kappa shape index (κ1) is 10.3. The predicted octanol–water partition coefficient (Wildman–Crippen LogP) is 1.27. The fourth-order valence-corrected chi connectivity index (χ4v) is 1.26. The van der Waals surface area contributed by atoms with Crippen molar-refractivity contribution in [1.29, 1.82) is 0 Å². The smallest absolute Gasteiger partial charge is 0.0431 e. The van der Waals surface area contributed by atoms with Crippen LogP contribution in [0, 0.1) is 0 Å². The van der Waals surface area contributed by atoms with Crippen LogP contribution in [-0.2, 0) is 6.54 Å². The van der Waals surface area contributed by atoms with Gasteiger partial charge < -0.3 is 15.4 Å². The molecule has 3 nitrogen and oxygen atoms in total. The van der Waals surface area contributed by atoms with E-state index in [1.54, 1.807) is 0 Å². The molecule has 1 atom stereocenters. The van der Waals surface area contributed by atoms with Gasteiger partial charge in [-0.2, -0.15) is 0 Å². The highest BCUT2D eigenvalue weighted by molar-refractivity contribution is 5.02. The summed E-state index contributed by atoms with van der Waals surface area (Å²) in [5.41, 5.74) is 1.20. The lowest BCUT2D eigenvalue weighted by molar-refractivity contribution is 0.276. The molecule has 0 spiro atoms. The van der Waals surface area contributed by atoms with Crippen molar-refractivity contribution in [3.8, 4) is 0 Å². The molecule has 3 heteroatoms. The molecule has 0 saturated heterocycles. The number of hydrogen-bond donors (Lipinski definition) is 3. The molecule has 0 amide bonds. The molecule has 13 heavy (non-hydrogen) atoms. The highest BCUT2D eigenvalue weighted by Gasteiger charge is 2.00. The third-order valence-electron chi connectivity index (χ3n) is 2.10. The Bertz CT molecular complexity index is 209. The lowest BCUT2D eigenvalue weighted by Gasteiger charge is -2.11. The summed E-state index contributed by atoms with van der Waals surface area (Å²) in [7, 11) is 0. The molecule has 0 aromatic carbocycles. The van der Waals surface area contributed by atoms with E-state index in [1.165, 1.54) is 5.69 Å². The van der Waals surface area contributed by atoms with E-state index in [2.05, 4.69) is 23.3 Å². The Balaban J connectivity index is 2.11. The number of aliphatic hydroxyl groups is 1. The van der Waals surface area contributed by atoms with Crippen molar-refractivity contribution in [2.24, 2.45) is 0 Å². The Kier molecular flexibility index (Phi) is 4.57. The molecule has 0 aliphatic rings. The number of H-pyrrole nitrogens is 1. The third kappa shape index (κ3) is 4.10. The molecule has 1 rings (SSSR count). The topological polar surface area (TPSA) is 48.0 Å². The number of aliphatic hydroxyl groups excluding tert-OH is 1. The molecule has 0 aliphatic heterocycles. The van der Waals surface area contributed by atoms with Gasteiger partial charge >= 0.3 is 0 Å².